The van der Waals surface area contributed by atoms with E-state index in [2.05, 4.69) is 5.43 Å². The van der Waals surface area contributed by atoms with Gasteiger partial charge in [-0.1, -0.05) is 29.3 Å². The molecule has 0 bridgehead atoms. The van der Waals surface area contributed by atoms with Gasteiger partial charge in [-0.25, -0.2) is 5.01 Å². The van der Waals surface area contributed by atoms with Gasteiger partial charge in [-0.05, 0) is 58.9 Å². The lowest BCUT2D eigenvalue weighted by Crippen LogP contribution is -2.56. The van der Waals surface area contributed by atoms with Crippen LogP contribution in [0, 0.1) is 13.8 Å². The zero-order valence-electron chi connectivity index (χ0n) is 16.5. The van der Waals surface area contributed by atoms with E-state index in [-0.39, 0.29) is 5.91 Å². The first-order chi connectivity index (χ1) is 12.6. The van der Waals surface area contributed by atoms with E-state index in [4.69, 9.17) is 16.3 Å². The number of benzene rings is 2. The minimum atomic E-state index is -0.660. The number of hydrazine groups is 1. The molecule has 27 heavy (non-hydrogen) atoms. The molecular weight excluding hydrogens is 364 g/mol. The molecular formula is C21H25ClN2O3. The maximum absolute atomic E-state index is 13.1. The number of rotatable bonds is 3. The number of ether oxygens (including phenoxy) is 1. The molecule has 0 heterocycles. The van der Waals surface area contributed by atoms with Crippen LogP contribution in [0.25, 0.3) is 0 Å². The molecule has 2 aromatic carbocycles. The number of nitrogens with zero attached hydrogens (tertiary/aromatic N) is 1. The second-order valence-electron chi connectivity index (χ2n) is 7.37. The Kier molecular flexibility index (Phi) is 6.16. The third kappa shape index (κ3) is 4.61. The highest BCUT2D eigenvalue weighted by molar-refractivity contribution is 6.33. The summed E-state index contributed by atoms with van der Waals surface area (Å²) in [5.41, 5.74) is 4.47. The molecule has 2 amide bonds. The van der Waals surface area contributed by atoms with Crippen molar-refractivity contribution in [2.75, 3.05) is 7.11 Å². The molecule has 0 spiro atoms. The maximum Gasteiger partial charge on any atom is 0.274 e. The summed E-state index contributed by atoms with van der Waals surface area (Å²) < 4.78 is 5.28. The first kappa shape index (κ1) is 20.8. The molecule has 0 aromatic heterocycles. The summed E-state index contributed by atoms with van der Waals surface area (Å²) in [6.07, 6.45) is 0. The SMILES string of the molecule is COc1cccc(C(=O)NN(C(=O)c2cc(C)ccc2Cl)C(C)(C)C)c1C. The lowest BCUT2D eigenvalue weighted by molar-refractivity contribution is 0.0358. The fraction of sp³-hybridized carbons (Fsp3) is 0.333. The quantitative estimate of drug-likeness (QED) is 0.784. The Morgan fingerprint density at radius 1 is 1.07 bits per heavy atom. The van der Waals surface area contributed by atoms with Crippen molar-refractivity contribution in [3.05, 3.63) is 63.7 Å². The lowest BCUT2D eigenvalue weighted by atomic mass is 10.0. The van der Waals surface area contributed by atoms with Crippen LogP contribution in [0.15, 0.2) is 36.4 Å². The minimum Gasteiger partial charge on any atom is -0.496 e. The van der Waals surface area contributed by atoms with Crippen LogP contribution < -0.4 is 10.2 Å². The van der Waals surface area contributed by atoms with Crippen molar-refractivity contribution in [2.24, 2.45) is 0 Å². The number of hydrogen-bond acceptors (Lipinski definition) is 3. The fourth-order valence-corrected chi connectivity index (χ4v) is 2.89. The van der Waals surface area contributed by atoms with E-state index in [0.29, 0.717) is 27.5 Å². The van der Waals surface area contributed by atoms with Crippen LogP contribution >= 0.6 is 11.6 Å². The number of aryl methyl sites for hydroxylation is 1. The molecule has 0 fully saturated rings. The van der Waals surface area contributed by atoms with Crippen LogP contribution in [0.2, 0.25) is 5.02 Å². The molecule has 0 saturated heterocycles. The molecule has 0 atom stereocenters. The van der Waals surface area contributed by atoms with Crippen molar-refractivity contribution in [3.63, 3.8) is 0 Å². The van der Waals surface area contributed by atoms with Gasteiger partial charge in [0.25, 0.3) is 11.8 Å². The first-order valence-electron chi connectivity index (χ1n) is 8.61. The van der Waals surface area contributed by atoms with Gasteiger partial charge in [0.15, 0.2) is 0 Å². The van der Waals surface area contributed by atoms with Crippen LogP contribution in [0.5, 0.6) is 5.75 Å². The van der Waals surface area contributed by atoms with E-state index in [9.17, 15) is 9.59 Å². The Hall–Kier alpha value is -2.53. The number of amides is 2. The first-order valence-corrected chi connectivity index (χ1v) is 8.99. The highest BCUT2D eigenvalue weighted by Crippen LogP contribution is 2.24. The lowest BCUT2D eigenvalue weighted by Gasteiger charge is -2.36. The van der Waals surface area contributed by atoms with Crippen LogP contribution in [0.1, 0.15) is 52.6 Å². The number of methoxy groups -OCH3 is 1. The van der Waals surface area contributed by atoms with Crippen molar-refractivity contribution in [1.82, 2.24) is 10.4 Å². The van der Waals surface area contributed by atoms with E-state index in [1.165, 1.54) is 5.01 Å². The molecule has 0 unspecified atom stereocenters. The largest absolute Gasteiger partial charge is 0.496 e. The summed E-state index contributed by atoms with van der Waals surface area (Å²) in [5, 5.41) is 1.65. The second-order valence-corrected chi connectivity index (χ2v) is 7.78. The number of hydrogen-bond donors (Lipinski definition) is 1. The van der Waals surface area contributed by atoms with Crippen molar-refractivity contribution in [1.29, 1.82) is 0 Å². The van der Waals surface area contributed by atoms with Gasteiger partial charge >= 0.3 is 0 Å². The number of carbonyl (C=O) groups is 2. The van der Waals surface area contributed by atoms with Gasteiger partial charge in [0, 0.05) is 11.1 Å². The number of nitrogens with one attached hydrogen (secondary N) is 1. The Balaban J connectivity index is 2.40. The summed E-state index contributed by atoms with van der Waals surface area (Å²) in [5.74, 6) is -0.151. The van der Waals surface area contributed by atoms with E-state index >= 15 is 0 Å². The molecule has 2 rings (SSSR count). The van der Waals surface area contributed by atoms with Gasteiger partial charge in [0.05, 0.1) is 23.2 Å². The van der Waals surface area contributed by atoms with Gasteiger partial charge in [-0.15, -0.1) is 0 Å². The molecule has 1 N–H and O–H groups in total. The predicted octanol–water partition coefficient (Wildman–Crippen LogP) is 4.55. The monoisotopic (exact) mass is 388 g/mol. The normalized spacial score (nSPS) is 11.1. The maximum atomic E-state index is 13.1. The minimum absolute atomic E-state index is 0.339. The molecule has 0 saturated carbocycles. The zero-order valence-corrected chi connectivity index (χ0v) is 17.3. The van der Waals surface area contributed by atoms with Gasteiger partial charge < -0.3 is 4.74 Å². The second kappa shape index (κ2) is 8.01. The number of halogens is 1. The Labute approximate surface area is 165 Å². The summed E-state index contributed by atoms with van der Waals surface area (Å²) in [7, 11) is 1.55. The van der Waals surface area contributed by atoms with Crippen LogP contribution in [0.3, 0.4) is 0 Å². The standard InChI is InChI=1S/C21H25ClN2O3/c1-13-10-11-17(22)16(12-13)20(26)24(21(3,4)5)23-19(25)15-8-7-9-18(27-6)14(15)2/h7-12H,1-6H3,(H,23,25). The Morgan fingerprint density at radius 3 is 2.33 bits per heavy atom. The van der Waals surface area contributed by atoms with E-state index in [1.807, 2.05) is 33.8 Å². The molecule has 0 radical (unpaired) electrons. The Morgan fingerprint density at radius 2 is 1.74 bits per heavy atom. The average molecular weight is 389 g/mol. The van der Waals surface area contributed by atoms with Crippen molar-refractivity contribution < 1.29 is 14.3 Å². The van der Waals surface area contributed by atoms with Crippen molar-refractivity contribution in [3.8, 4) is 5.75 Å². The van der Waals surface area contributed by atoms with Crippen LogP contribution in [-0.2, 0) is 0 Å². The van der Waals surface area contributed by atoms with E-state index in [0.717, 1.165) is 5.56 Å². The van der Waals surface area contributed by atoms with Gasteiger partial charge in [0.1, 0.15) is 5.75 Å². The highest BCUT2D eigenvalue weighted by Gasteiger charge is 2.31. The molecule has 0 aliphatic carbocycles. The van der Waals surface area contributed by atoms with Gasteiger partial charge in [-0.3, -0.25) is 15.0 Å². The molecule has 0 aliphatic heterocycles. The highest BCUT2D eigenvalue weighted by atomic mass is 35.5. The third-order valence-corrected chi connectivity index (χ3v) is 4.52. The molecule has 2 aromatic rings. The van der Waals surface area contributed by atoms with Gasteiger partial charge in [0.2, 0.25) is 0 Å². The van der Waals surface area contributed by atoms with E-state index < -0.39 is 11.4 Å². The smallest absolute Gasteiger partial charge is 0.274 e. The zero-order chi connectivity index (χ0) is 20.4. The van der Waals surface area contributed by atoms with Crippen LogP contribution in [-0.4, -0.2) is 29.5 Å². The van der Waals surface area contributed by atoms with Crippen molar-refractivity contribution in [2.45, 2.75) is 40.2 Å². The molecule has 6 heteroatoms. The summed E-state index contributed by atoms with van der Waals surface area (Å²) >= 11 is 6.23. The predicted molar refractivity (Wildman–Crippen MR) is 107 cm³/mol. The average Bonchev–Trinajstić information content (AvgIpc) is 2.60. The third-order valence-electron chi connectivity index (χ3n) is 4.19. The summed E-state index contributed by atoms with van der Waals surface area (Å²) in [6.45, 7) is 9.20. The molecule has 144 valence electrons. The number of carbonyl (C=O) groups excluding carboxylic acids is 2. The molecule has 5 nitrogen and oxygen atoms in total. The summed E-state index contributed by atoms with van der Waals surface area (Å²) in [6, 6.07) is 10.4. The Bertz CT molecular complexity index is 872. The topological polar surface area (TPSA) is 58.6 Å². The van der Waals surface area contributed by atoms with E-state index in [1.54, 1.807) is 44.4 Å². The van der Waals surface area contributed by atoms with Crippen molar-refractivity contribution >= 4 is 23.4 Å². The summed E-state index contributed by atoms with van der Waals surface area (Å²) in [4.78, 5) is 26.0. The molecule has 0 aliphatic rings. The van der Waals surface area contributed by atoms with Crippen LogP contribution in [0.4, 0.5) is 0 Å². The van der Waals surface area contributed by atoms with Gasteiger partial charge in [-0.2, -0.15) is 0 Å². The fourth-order valence-electron chi connectivity index (χ4n) is 2.69.